The van der Waals surface area contributed by atoms with E-state index in [0.717, 1.165) is 49.7 Å². The number of likely N-dealkylation sites (tertiary alicyclic amines) is 1. The molecular formula is C18H22N6. The molecule has 0 radical (unpaired) electrons. The Labute approximate surface area is 141 Å². The maximum absolute atomic E-state index is 4.65. The van der Waals surface area contributed by atoms with Gasteiger partial charge in [-0.3, -0.25) is 9.88 Å². The van der Waals surface area contributed by atoms with Crippen LogP contribution in [0.2, 0.25) is 0 Å². The molecule has 124 valence electrons. The summed E-state index contributed by atoms with van der Waals surface area (Å²) in [6.45, 7) is 5.25. The van der Waals surface area contributed by atoms with Crippen LogP contribution in [0.15, 0.2) is 43.1 Å². The second-order valence-electron chi connectivity index (χ2n) is 6.41. The lowest BCUT2D eigenvalue weighted by atomic mass is 9.96. The Balaban J connectivity index is 1.41. The number of aryl methyl sites for hydroxylation is 1. The fraction of sp³-hybridized carbons (Fsp3) is 0.389. The Hall–Kier alpha value is -2.47. The van der Waals surface area contributed by atoms with Crippen LogP contribution < -0.4 is 0 Å². The third-order valence-electron chi connectivity index (χ3n) is 4.82. The van der Waals surface area contributed by atoms with Crippen LogP contribution in [0.1, 0.15) is 35.8 Å². The van der Waals surface area contributed by atoms with Crippen molar-refractivity contribution in [2.75, 3.05) is 13.1 Å². The molecule has 0 atom stereocenters. The number of hydrogen-bond donors (Lipinski definition) is 1. The maximum atomic E-state index is 4.65. The molecule has 4 heterocycles. The Morgan fingerprint density at radius 3 is 2.67 bits per heavy atom. The van der Waals surface area contributed by atoms with Crippen molar-refractivity contribution in [1.82, 2.24) is 29.6 Å². The first-order valence-corrected chi connectivity index (χ1v) is 8.47. The predicted octanol–water partition coefficient (Wildman–Crippen LogP) is 2.68. The minimum atomic E-state index is 0.567. The van der Waals surface area contributed by atoms with Gasteiger partial charge >= 0.3 is 0 Å². The molecule has 0 bridgehead atoms. The number of hydrogen-bond acceptors (Lipinski definition) is 4. The van der Waals surface area contributed by atoms with E-state index in [1.807, 2.05) is 29.2 Å². The smallest absolute Gasteiger partial charge is 0.109 e. The van der Waals surface area contributed by atoms with Crippen LogP contribution in [0, 0.1) is 6.92 Å². The van der Waals surface area contributed by atoms with E-state index in [1.54, 1.807) is 12.4 Å². The lowest BCUT2D eigenvalue weighted by molar-refractivity contribution is 0.201. The molecule has 0 saturated carbocycles. The van der Waals surface area contributed by atoms with Gasteiger partial charge in [0.05, 0.1) is 11.4 Å². The first kappa shape index (κ1) is 15.1. The summed E-state index contributed by atoms with van der Waals surface area (Å²) in [6.07, 6.45) is 11.8. The topological polar surface area (TPSA) is 62.6 Å². The Morgan fingerprint density at radius 2 is 1.96 bits per heavy atom. The van der Waals surface area contributed by atoms with Crippen molar-refractivity contribution >= 4 is 0 Å². The van der Waals surface area contributed by atoms with E-state index in [9.17, 15) is 0 Å². The van der Waals surface area contributed by atoms with Gasteiger partial charge in [0, 0.05) is 49.0 Å². The molecule has 0 spiro atoms. The molecule has 0 aromatic carbocycles. The molecule has 6 heteroatoms. The highest BCUT2D eigenvalue weighted by Crippen LogP contribution is 2.26. The highest BCUT2D eigenvalue weighted by Gasteiger charge is 2.23. The van der Waals surface area contributed by atoms with Gasteiger partial charge in [0.1, 0.15) is 5.82 Å². The SMILES string of the molecule is Cc1nn(-c2ccncc2)cc1CN1CCC(c2ncc[nH]2)CC1. The van der Waals surface area contributed by atoms with E-state index in [4.69, 9.17) is 0 Å². The summed E-state index contributed by atoms with van der Waals surface area (Å²) in [6, 6.07) is 3.95. The van der Waals surface area contributed by atoms with Crippen molar-refractivity contribution in [1.29, 1.82) is 0 Å². The maximum Gasteiger partial charge on any atom is 0.109 e. The fourth-order valence-corrected chi connectivity index (χ4v) is 3.39. The molecule has 0 unspecified atom stereocenters. The molecule has 3 aromatic heterocycles. The molecule has 0 amide bonds. The normalized spacial score (nSPS) is 16.5. The highest BCUT2D eigenvalue weighted by atomic mass is 15.3. The van der Waals surface area contributed by atoms with Crippen LogP contribution >= 0.6 is 0 Å². The number of H-pyrrole nitrogens is 1. The Bertz CT molecular complexity index is 769. The van der Waals surface area contributed by atoms with E-state index >= 15 is 0 Å². The summed E-state index contributed by atoms with van der Waals surface area (Å²) in [5, 5.41) is 4.65. The molecule has 24 heavy (non-hydrogen) atoms. The average Bonchev–Trinajstić information content (AvgIpc) is 3.27. The fourth-order valence-electron chi connectivity index (χ4n) is 3.39. The van der Waals surface area contributed by atoms with Gasteiger partial charge in [-0.05, 0) is 45.0 Å². The number of nitrogens with one attached hydrogen (secondary N) is 1. The average molecular weight is 322 g/mol. The Kier molecular flexibility index (Phi) is 4.13. The quantitative estimate of drug-likeness (QED) is 0.802. The number of aromatic amines is 1. The largest absolute Gasteiger partial charge is 0.348 e. The van der Waals surface area contributed by atoms with Crippen molar-refractivity contribution in [3.63, 3.8) is 0 Å². The van der Waals surface area contributed by atoms with Crippen molar-refractivity contribution in [2.24, 2.45) is 0 Å². The zero-order valence-corrected chi connectivity index (χ0v) is 13.9. The van der Waals surface area contributed by atoms with Crippen molar-refractivity contribution in [2.45, 2.75) is 32.2 Å². The first-order valence-electron chi connectivity index (χ1n) is 8.47. The third kappa shape index (κ3) is 3.10. The van der Waals surface area contributed by atoms with Crippen molar-refractivity contribution in [3.05, 3.63) is 60.2 Å². The third-order valence-corrected chi connectivity index (χ3v) is 4.82. The van der Waals surface area contributed by atoms with E-state index < -0.39 is 0 Å². The van der Waals surface area contributed by atoms with Gasteiger partial charge in [-0.1, -0.05) is 0 Å². The molecule has 1 aliphatic heterocycles. The van der Waals surface area contributed by atoms with Crippen LogP contribution in [0.5, 0.6) is 0 Å². The van der Waals surface area contributed by atoms with Crippen molar-refractivity contribution in [3.8, 4) is 5.69 Å². The number of rotatable bonds is 4. The lowest BCUT2D eigenvalue weighted by Crippen LogP contribution is -2.32. The predicted molar refractivity (Wildman–Crippen MR) is 91.9 cm³/mol. The lowest BCUT2D eigenvalue weighted by Gasteiger charge is -2.30. The van der Waals surface area contributed by atoms with E-state index in [1.165, 1.54) is 5.56 Å². The van der Waals surface area contributed by atoms with Gasteiger partial charge in [0.25, 0.3) is 0 Å². The van der Waals surface area contributed by atoms with Crippen molar-refractivity contribution < 1.29 is 0 Å². The van der Waals surface area contributed by atoms with Crippen LogP contribution in [0.4, 0.5) is 0 Å². The van der Waals surface area contributed by atoms with E-state index in [-0.39, 0.29) is 0 Å². The van der Waals surface area contributed by atoms with Gasteiger partial charge in [0.15, 0.2) is 0 Å². The summed E-state index contributed by atoms with van der Waals surface area (Å²) in [5.41, 5.74) is 3.44. The number of pyridine rings is 1. The number of nitrogens with zero attached hydrogens (tertiary/aromatic N) is 5. The summed E-state index contributed by atoms with van der Waals surface area (Å²) >= 11 is 0. The molecule has 1 saturated heterocycles. The molecule has 0 aliphatic carbocycles. The van der Waals surface area contributed by atoms with Gasteiger partial charge in [-0.15, -0.1) is 0 Å². The van der Waals surface area contributed by atoms with Gasteiger partial charge in [0.2, 0.25) is 0 Å². The highest BCUT2D eigenvalue weighted by molar-refractivity contribution is 5.30. The standard InChI is InChI=1S/C18H22N6/c1-14-16(13-24(22-14)17-2-6-19-7-3-17)12-23-10-4-15(5-11-23)18-20-8-9-21-18/h2-3,6-9,13,15H,4-5,10-12H2,1H3,(H,20,21). The summed E-state index contributed by atoms with van der Waals surface area (Å²) < 4.78 is 1.95. The number of aromatic nitrogens is 5. The van der Waals surface area contributed by atoms with Gasteiger partial charge < -0.3 is 4.98 Å². The van der Waals surface area contributed by atoms with Gasteiger partial charge in [-0.2, -0.15) is 5.10 Å². The Morgan fingerprint density at radius 1 is 1.17 bits per heavy atom. The van der Waals surface area contributed by atoms with Gasteiger partial charge in [-0.25, -0.2) is 9.67 Å². The number of piperidine rings is 1. The summed E-state index contributed by atoms with van der Waals surface area (Å²) in [4.78, 5) is 14.2. The molecular weight excluding hydrogens is 300 g/mol. The molecule has 1 N–H and O–H groups in total. The second-order valence-corrected chi connectivity index (χ2v) is 6.41. The van der Waals surface area contributed by atoms with Crippen LogP contribution in [-0.2, 0) is 6.54 Å². The summed E-state index contributed by atoms with van der Waals surface area (Å²) in [5.74, 6) is 1.70. The molecule has 1 fully saturated rings. The zero-order chi connectivity index (χ0) is 16.4. The first-order chi connectivity index (χ1) is 11.8. The summed E-state index contributed by atoms with van der Waals surface area (Å²) in [7, 11) is 0. The molecule has 4 rings (SSSR count). The minimum Gasteiger partial charge on any atom is -0.348 e. The number of imidazole rings is 1. The monoisotopic (exact) mass is 322 g/mol. The van der Waals surface area contributed by atoms with E-state index in [2.05, 4.69) is 38.1 Å². The second kappa shape index (κ2) is 6.57. The zero-order valence-electron chi connectivity index (χ0n) is 13.9. The molecule has 6 nitrogen and oxygen atoms in total. The van der Waals surface area contributed by atoms with E-state index in [0.29, 0.717) is 5.92 Å². The van der Waals surface area contributed by atoms with Crippen LogP contribution in [-0.4, -0.2) is 42.7 Å². The van der Waals surface area contributed by atoms with Crippen LogP contribution in [0.3, 0.4) is 0 Å². The van der Waals surface area contributed by atoms with Crippen LogP contribution in [0.25, 0.3) is 5.69 Å². The molecule has 1 aliphatic rings. The molecule has 3 aromatic rings. The minimum absolute atomic E-state index is 0.567.